The van der Waals surface area contributed by atoms with Crippen molar-refractivity contribution in [3.63, 3.8) is 0 Å². The summed E-state index contributed by atoms with van der Waals surface area (Å²) in [7, 11) is 4.36. The standard InChI is InChI=1S/C26H34FN3O.C26H32FN3O/c2*1-30-8-6-26(7-9-30)14-21(15-26)18-2-3-19(23(27)13-18)10-17(16-28)11-24(31)25-20-4-5-22(12-20)29-25/h2-3,13,17,20-22,25,29H,4-12,14-15H2,1H3;2-3,13-14,17,20,22,25,29H,4-12,15H2,1H3/t2*17-,20+,22-,25+/m11/s1. The fraction of sp³-hybridized carbons (Fsp3) is 0.654. The molecule has 0 aromatic heterocycles. The highest BCUT2D eigenvalue weighted by atomic mass is 19.1. The van der Waals surface area contributed by atoms with E-state index in [0.29, 0.717) is 64.6 Å². The lowest BCUT2D eigenvalue weighted by Gasteiger charge is -2.52. The molecule has 7 fully saturated rings. The second kappa shape index (κ2) is 18.0. The van der Waals surface area contributed by atoms with Crippen LogP contribution in [-0.4, -0.2) is 85.8 Å². The molecule has 4 bridgehead atoms. The third-order valence-corrected chi connectivity index (χ3v) is 17.0. The molecule has 0 radical (unpaired) electrons. The molecule has 3 saturated carbocycles. The van der Waals surface area contributed by atoms with Crippen molar-refractivity contribution in [2.45, 2.75) is 139 Å². The third-order valence-electron chi connectivity index (χ3n) is 17.0. The van der Waals surface area contributed by atoms with Gasteiger partial charge in [0.25, 0.3) is 0 Å². The van der Waals surface area contributed by atoms with E-state index in [4.69, 9.17) is 0 Å². The number of benzene rings is 2. The number of hydrogen-bond donors (Lipinski definition) is 2. The number of carbonyl (C=O) groups excluding carboxylic acids is 2. The minimum atomic E-state index is -0.473. The van der Waals surface area contributed by atoms with Gasteiger partial charge >= 0.3 is 0 Å². The Kier molecular flexibility index (Phi) is 12.6. The first-order valence-electron chi connectivity index (χ1n) is 23.9. The van der Waals surface area contributed by atoms with Crippen LogP contribution >= 0.6 is 0 Å². The molecule has 62 heavy (non-hydrogen) atoms. The Labute approximate surface area is 367 Å². The predicted octanol–water partition coefficient (Wildman–Crippen LogP) is 8.30. The summed E-state index contributed by atoms with van der Waals surface area (Å²) < 4.78 is 29.8. The van der Waals surface area contributed by atoms with Crippen molar-refractivity contribution in [2.75, 3.05) is 40.3 Å². The summed E-state index contributed by atoms with van der Waals surface area (Å²) in [5.41, 5.74) is 5.20. The summed E-state index contributed by atoms with van der Waals surface area (Å²) in [5, 5.41) is 26.0. The van der Waals surface area contributed by atoms with Crippen LogP contribution in [0.4, 0.5) is 8.78 Å². The van der Waals surface area contributed by atoms with Gasteiger partial charge in [0.05, 0.1) is 36.1 Å². The van der Waals surface area contributed by atoms with E-state index in [2.05, 4.69) is 58.8 Å². The van der Waals surface area contributed by atoms with Gasteiger partial charge in [0.1, 0.15) is 11.6 Å². The molecule has 8 atom stereocenters. The average Bonchev–Trinajstić information content (AvgIpc) is 4.08. The van der Waals surface area contributed by atoms with Crippen molar-refractivity contribution >= 4 is 17.1 Å². The van der Waals surface area contributed by atoms with Crippen LogP contribution in [0.2, 0.25) is 0 Å². The number of nitriles is 2. The van der Waals surface area contributed by atoms with E-state index < -0.39 is 11.8 Å². The maximum absolute atomic E-state index is 14.9. The monoisotopic (exact) mass is 845 g/mol. The first kappa shape index (κ1) is 43.5. The molecule has 8 aliphatic rings. The van der Waals surface area contributed by atoms with Gasteiger partial charge in [0.2, 0.25) is 0 Å². The molecule has 2 spiro atoms. The van der Waals surface area contributed by atoms with Crippen LogP contribution < -0.4 is 10.6 Å². The summed E-state index contributed by atoms with van der Waals surface area (Å²) in [6.07, 6.45) is 18.4. The van der Waals surface area contributed by atoms with Crippen LogP contribution in [-0.2, 0) is 22.4 Å². The maximum atomic E-state index is 14.9. The second-order valence-corrected chi connectivity index (χ2v) is 21.3. The van der Waals surface area contributed by atoms with Crippen molar-refractivity contribution < 1.29 is 18.4 Å². The molecule has 4 heterocycles. The molecule has 2 aromatic rings. The number of halogens is 2. The van der Waals surface area contributed by atoms with Gasteiger partial charge in [-0.1, -0.05) is 30.3 Å². The van der Waals surface area contributed by atoms with Crippen molar-refractivity contribution in [1.82, 2.24) is 20.4 Å². The summed E-state index contributed by atoms with van der Waals surface area (Å²) >= 11 is 0. The van der Waals surface area contributed by atoms with Gasteiger partial charge in [-0.15, -0.1) is 0 Å². The minimum absolute atomic E-state index is 0.0904. The Bertz CT molecular complexity index is 2120. The van der Waals surface area contributed by atoms with Crippen LogP contribution in [0, 0.1) is 68.8 Å². The van der Waals surface area contributed by atoms with Crippen molar-refractivity contribution in [3.05, 3.63) is 76.4 Å². The maximum Gasteiger partial charge on any atom is 0.151 e. The number of likely N-dealkylation sites (tertiary alicyclic amines) is 2. The Morgan fingerprint density at radius 1 is 0.742 bits per heavy atom. The first-order valence-corrected chi connectivity index (χ1v) is 23.9. The summed E-state index contributed by atoms with van der Waals surface area (Å²) in [5.74, 6) is 0.177. The lowest BCUT2D eigenvalue weighted by molar-refractivity contribution is -0.123. The Morgan fingerprint density at radius 2 is 1.24 bits per heavy atom. The average molecular weight is 845 g/mol. The van der Waals surface area contributed by atoms with Crippen LogP contribution in [0.3, 0.4) is 0 Å². The summed E-state index contributed by atoms with van der Waals surface area (Å²) in [6.45, 7) is 4.60. The molecular formula is C52H66F2N6O2. The van der Waals surface area contributed by atoms with Crippen molar-refractivity contribution in [3.8, 4) is 12.1 Å². The molecular weight excluding hydrogens is 779 g/mol. The van der Waals surface area contributed by atoms with E-state index in [1.165, 1.54) is 57.2 Å². The molecule has 330 valence electrons. The largest absolute Gasteiger partial charge is 0.306 e. The Hall–Kier alpha value is -3.80. The minimum Gasteiger partial charge on any atom is -0.306 e. The number of nitrogens with zero attached hydrogens (tertiary/aromatic N) is 4. The van der Waals surface area contributed by atoms with Gasteiger partial charge in [-0.05, 0) is 205 Å². The highest BCUT2D eigenvalue weighted by molar-refractivity contribution is 5.86. The zero-order chi connectivity index (χ0) is 43.2. The van der Waals surface area contributed by atoms with Gasteiger partial charge in [0, 0.05) is 24.9 Å². The third kappa shape index (κ3) is 9.23. The van der Waals surface area contributed by atoms with E-state index in [9.17, 15) is 28.9 Å². The summed E-state index contributed by atoms with van der Waals surface area (Å²) in [6, 6.07) is 16.3. The Balaban J connectivity index is 0.000000158. The van der Waals surface area contributed by atoms with Crippen LogP contribution in [0.5, 0.6) is 0 Å². The number of ketones is 2. The molecule has 4 aliphatic carbocycles. The van der Waals surface area contributed by atoms with Gasteiger partial charge in [-0.25, -0.2) is 8.78 Å². The summed E-state index contributed by atoms with van der Waals surface area (Å²) in [4.78, 5) is 30.2. The fourth-order valence-corrected chi connectivity index (χ4v) is 12.9. The molecule has 10 rings (SSSR count). The number of piperidine rings is 4. The number of nitrogens with one attached hydrogen (secondary N) is 2. The van der Waals surface area contributed by atoms with Crippen molar-refractivity contribution in [2.24, 2.45) is 34.5 Å². The number of allylic oxidation sites excluding steroid dienone is 2. The fourth-order valence-electron chi connectivity index (χ4n) is 12.9. The van der Waals surface area contributed by atoms with E-state index in [1.54, 1.807) is 12.1 Å². The normalized spacial score (nSPS) is 30.4. The SMILES string of the molecule is CN1CCC2(C=C(c3ccc(C[C@@H](C#N)CC(=O)[C@H]4N[C@@H]5CC[C@H]4C5)c(F)c3)C2)CC1.CN1CCC2(CC1)CC(c1ccc(C[C@@H](C#N)CC(=O)[C@H]3N[C@@H]4CC[C@H]3C4)c(F)c1)C2. The molecule has 8 nitrogen and oxygen atoms in total. The van der Waals surface area contributed by atoms with Gasteiger partial charge in [-0.3, -0.25) is 9.59 Å². The molecule has 4 saturated heterocycles. The van der Waals surface area contributed by atoms with Crippen LogP contribution in [0.15, 0.2) is 42.5 Å². The van der Waals surface area contributed by atoms with E-state index >= 15 is 0 Å². The zero-order valence-corrected chi connectivity index (χ0v) is 36.9. The van der Waals surface area contributed by atoms with E-state index in [-0.39, 0.29) is 48.1 Å². The van der Waals surface area contributed by atoms with Crippen LogP contribution in [0.25, 0.3) is 5.57 Å². The number of rotatable bonds is 12. The number of carbonyl (C=O) groups is 2. The first-order chi connectivity index (χ1) is 29.9. The van der Waals surface area contributed by atoms with Gasteiger partial charge in [-0.2, -0.15) is 10.5 Å². The molecule has 10 heteroatoms. The molecule has 4 aliphatic heterocycles. The lowest BCUT2D eigenvalue weighted by Crippen LogP contribution is -2.45. The van der Waals surface area contributed by atoms with Crippen LogP contribution in [0.1, 0.15) is 124 Å². The highest BCUT2D eigenvalue weighted by Gasteiger charge is 2.47. The highest BCUT2D eigenvalue weighted by Crippen LogP contribution is 2.57. The lowest BCUT2D eigenvalue weighted by atomic mass is 9.56. The van der Waals surface area contributed by atoms with Gasteiger partial charge in [0.15, 0.2) is 11.6 Å². The topological polar surface area (TPSA) is 112 Å². The van der Waals surface area contributed by atoms with Gasteiger partial charge < -0.3 is 20.4 Å². The Morgan fingerprint density at radius 3 is 1.69 bits per heavy atom. The molecule has 2 N–H and O–H groups in total. The van der Waals surface area contributed by atoms with E-state index in [0.717, 1.165) is 69.2 Å². The van der Waals surface area contributed by atoms with E-state index in [1.807, 2.05) is 18.2 Å². The smallest absolute Gasteiger partial charge is 0.151 e. The molecule has 2 aromatic carbocycles. The zero-order valence-electron chi connectivity index (χ0n) is 36.9. The molecule has 0 amide bonds. The number of fused-ring (bicyclic) bond motifs is 4. The predicted molar refractivity (Wildman–Crippen MR) is 237 cm³/mol. The number of Topliss-reactive ketones (excluding diaryl/α,β-unsaturated/α-hetero) is 2. The van der Waals surface area contributed by atoms with Crippen molar-refractivity contribution in [1.29, 1.82) is 10.5 Å². The quantitative estimate of drug-likeness (QED) is 0.220. The molecule has 0 unspecified atom stereocenters. The second-order valence-electron chi connectivity index (χ2n) is 21.3. The number of hydrogen-bond acceptors (Lipinski definition) is 8.